The highest BCUT2D eigenvalue weighted by Gasteiger charge is 2.44. The van der Waals surface area contributed by atoms with Gasteiger partial charge in [-0.2, -0.15) is 5.26 Å². The number of aromatic nitrogens is 2. The molecule has 30 heavy (non-hydrogen) atoms. The van der Waals surface area contributed by atoms with Crippen LogP contribution in [0.1, 0.15) is 29.7 Å². The first-order valence-electron chi connectivity index (χ1n) is 9.88. The molecule has 5 atom stereocenters. The van der Waals surface area contributed by atoms with Crippen molar-refractivity contribution in [3.8, 4) is 17.2 Å². The number of nitrogens with zero attached hydrogens (tertiary/aromatic N) is 3. The van der Waals surface area contributed by atoms with Crippen molar-refractivity contribution in [1.82, 2.24) is 9.97 Å². The summed E-state index contributed by atoms with van der Waals surface area (Å²) < 4.78 is 5.62. The minimum absolute atomic E-state index is 0.379. The second kappa shape index (κ2) is 8.98. The molecule has 8 nitrogen and oxygen atoms in total. The zero-order chi connectivity index (χ0) is 21.3. The van der Waals surface area contributed by atoms with Crippen molar-refractivity contribution in [2.24, 2.45) is 0 Å². The number of nitriles is 1. The maximum absolute atomic E-state index is 10.4. The Morgan fingerprint density at radius 3 is 2.53 bits per heavy atom. The van der Waals surface area contributed by atoms with Gasteiger partial charge < -0.3 is 25.2 Å². The number of aryl methyl sites for hydroxylation is 1. The normalized spacial score (nSPS) is 28.6. The van der Waals surface area contributed by atoms with Crippen LogP contribution in [0.4, 0.5) is 0 Å². The zero-order valence-electron chi connectivity index (χ0n) is 16.2. The molecule has 1 fully saturated rings. The van der Waals surface area contributed by atoms with Gasteiger partial charge in [-0.3, -0.25) is 4.98 Å². The highest BCUT2D eigenvalue weighted by molar-refractivity contribution is 7.99. The molecule has 1 saturated heterocycles. The van der Waals surface area contributed by atoms with Crippen molar-refractivity contribution >= 4 is 11.8 Å². The number of fused-ring (bicyclic) bond motifs is 1. The third-order valence-electron chi connectivity index (χ3n) is 5.60. The molecule has 0 bridgehead atoms. The molecule has 0 saturated carbocycles. The smallest absolute Gasteiger partial charge is 0.138 e. The maximum atomic E-state index is 10.4. The van der Waals surface area contributed by atoms with E-state index < -0.39 is 36.5 Å². The number of pyridine rings is 2. The first-order valence-corrected chi connectivity index (χ1v) is 10.8. The average Bonchev–Trinajstić information content (AvgIpc) is 2.79. The van der Waals surface area contributed by atoms with Crippen LogP contribution in [0.5, 0.6) is 0 Å². The number of hydrogen-bond donors (Lipinski definition) is 4. The molecule has 0 unspecified atom stereocenters. The molecule has 1 aliphatic heterocycles. The van der Waals surface area contributed by atoms with Gasteiger partial charge in [-0.15, -0.1) is 0 Å². The van der Waals surface area contributed by atoms with Crippen LogP contribution in [0.25, 0.3) is 11.1 Å². The van der Waals surface area contributed by atoms with E-state index >= 15 is 0 Å². The Morgan fingerprint density at radius 1 is 1.10 bits per heavy atom. The number of aliphatic hydroxyl groups excluding tert-OH is 4. The molecule has 2 aromatic heterocycles. The van der Waals surface area contributed by atoms with Crippen LogP contribution in [0.2, 0.25) is 0 Å². The van der Waals surface area contributed by atoms with E-state index in [2.05, 4.69) is 11.1 Å². The van der Waals surface area contributed by atoms with Crippen LogP contribution >= 0.6 is 11.8 Å². The van der Waals surface area contributed by atoms with Gasteiger partial charge in [0, 0.05) is 23.7 Å². The molecule has 9 heteroatoms. The largest absolute Gasteiger partial charge is 0.394 e. The summed E-state index contributed by atoms with van der Waals surface area (Å²) in [6, 6.07) is 5.97. The predicted octanol–water partition coefficient (Wildman–Crippen LogP) is 0.786. The molecule has 0 radical (unpaired) electrons. The Hall–Kier alpha value is -2.06. The third kappa shape index (κ3) is 3.83. The van der Waals surface area contributed by atoms with Crippen molar-refractivity contribution in [3.05, 3.63) is 41.3 Å². The third-order valence-corrected chi connectivity index (χ3v) is 6.74. The fourth-order valence-electron chi connectivity index (χ4n) is 4.02. The van der Waals surface area contributed by atoms with E-state index in [0.29, 0.717) is 10.6 Å². The number of hydrogen-bond acceptors (Lipinski definition) is 9. The van der Waals surface area contributed by atoms with Gasteiger partial charge in [-0.25, -0.2) is 4.98 Å². The van der Waals surface area contributed by atoms with Crippen LogP contribution < -0.4 is 0 Å². The fourth-order valence-corrected chi connectivity index (χ4v) is 5.17. The molecule has 1 aliphatic carbocycles. The van der Waals surface area contributed by atoms with E-state index in [1.807, 2.05) is 12.1 Å². The van der Waals surface area contributed by atoms with Gasteiger partial charge in [-0.05, 0) is 48.9 Å². The molecular formula is C21H23N3O5S. The zero-order valence-corrected chi connectivity index (χ0v) is 17.0. The molecule has 0 spiro atoms. The van der Waals surface area contributed by atoms with E-state index in [4.69, 9.17) is 9.72 Å². The highest BCUT2D eigenvalue weighted by Crippen LogP contribution is 2.40. The quantitative estimate of drug-likeness (QED) is 0.555. The van der Waals surface area contributed by atoms with Gasteiger partial charge in [0.15, 0.2) is 0 Å². The lowest BCUT2D eigenvalue weighted by Gasteiger charge is -2.39. The van der Waals surface area contributed by atoms with Crippen molar-refractivity contribution in [1.29, 1.82) is 5.26 Å². The van der Waals surface area contributed by atoms with E-state index in [1.54, 1.807) is 12.4 Å². The summed E-state index contributed by atoms with van der Waals surface area (Å²) in [4.78, 5) is 8.79. The molecule has 3 heterocycles. The molecule has 4 N–H and O–H groups in total. The Kier molecular flexibility index (Phi) is 6.34. The number of thioether (sulfide) groups is 1. The summed E-state index contributed by atoms with van der Waals surface area (Å²) in [5.41, 5.74) is 3.05. The van der Waals surface area contributed by atoms with Gasteiger partial charge in [0.1, 0.15) is 40.9 Å². The lowest BCUT2D eigenvalue weighted by Crippen LogP contribution is -2.57. The van der Waals surface area contributed by atoms with Gasteiger partial charge >= 0.3 is 0 Å². The number of aliphatic hydroxyl groups is 4. The lowest BCUT2D eigenvalue weighted by atomic mass is 9.87. The maximum Gasteiger partial charge on any atom is 0.138 e. The summed E-state index contributed by atoms with van der Waals surface area (Å²) in [5.74, 6) is 0. The SMILES string of the molecule is N#Cc1c(S[C@@H]2O[C@H](CO)[C@H](O)[C@H](O)[C@H]2O)nc2c(c1-c1ccncc1)CCCC2. The molecule has 4 rings (SSSR count). The molecular weight excluding hydrogens is 406 g/mol. The summed E-state index contributed by atoms with van der Waals surface area (Å²) in [6.45, 7) is -0.507. The van der Waals surface area contributed by atoms with Gasteiger partial charge in [0.25, 0.3) is 0 Å². The average molecular weight is 429 g/mol. The summed E-state index contributed by atoms with van der Waals surface area (Å²) in [5, 5.41) is 50.4. The van der Waals surface area contributed by atoms with Gasteiger partial charge in [0.2, 0.25) is 0 Å². The monoisotopic (exact) mass is 429 g/mol. The first-order chi connectivity index (χ1) is 14.5. The van der Waals surface area contributed by atoms with Crippen LogP contribution in [-0.2, 0) is 17.6 Å². The van der Waals surface area contributed by atoms with Crippen LogP contribution in [0.3, 0.4) is 0 Å². The molecule has 0 amide bonds. The Labute approximate surface area is 178 Å². The van der Waals surface area contributed by atoms with Crippen LogP contribution in [-0.4, -0.2) is 66.9 Å². The molecule has 0 aromatic carbocycles. The van der Waals surface area contributed by atoms with Gasteiger partial charge in [0.05, 0.1) is 12.2 Å². The summed E-state index contributed by atoms with van der Waals surface area (Å²) in [7, 11) is 0. The number of rotatable bonds is 4. The van der Waals surface area contributed by atoms with Crippen LogP contribution in [0, 0.1) is 11.3 Å². The topological polar surface area (TPSA) is 140 Å². The summed E-state index contributed by atoms with van der Waals surface area (Å²) >= 11 is 1.03. The van der Waals surface area contributed by atoms with Gasteiger partial charge in [-0.1, -0.05) is 11.8 Å². The molecule has 2 aromatic rings. The first kappa shape index (κ1) is 21.2. The van der Waals surface area contributed by atoms with Crippen LogP contribution in [0.15, 0.2) is 29.6 Å². The molecule has 2 aliphatic rings. The van der Waals surface area contributed by atoms with E-state index in [0.717, 1.165) is 59.8 Å². The van der Waals surface area contributed by atoms with E-state index in [1.165, 1.54) is 0 Å². The van der Waals surface area contributed by atoms with Crippen molar-refractivity contribution in [2.45, 2.75) is 60.6 Å². The highest BCUT2D eigenvalue weighted by atomic mass is 32.2. The fraction of sp³-hybridized carbons (Fsp3) is 0.476. The summed E-state index contributed by atoms with van der Waals surface area (Å²) in [6.07, 6.45) is 1.69. The van der Waals surface area contributed by atoms with E-state index in [9.17, 15) is 25.7 Å². The minimum Gasteiger partial charge on any atom is -0.394 e. The molecule has 158 valence electrons. The van der Waals surface area contributed by atoms with Crippen molar-refractivity contribution in [3.63, 3.8) is 0 Å². The number of ether oxygens (including phenoxy) is 1. The van der Waals surface area contributed by atoms with E-state index in [-0.39, 0.29) is 0 Å². The minimum atomic E-state index is -1.48. The Balaban J connectivity index is 1.78. The predicted molar refractivity (Wildman–Crippen MR) is 108 cm³/mol. The van der Waals surface area contributed by atoms with Crippen molar-refractivity contribution < 1.29 is 25.2 Å². The second-order valence-electron chi connectivity index (χ2n) is 7.46. The Bertz CT molecular complexity index is 950. The standard InChI is InChI=1S/C21H23N3O5S/c22-9-13-16(11-5-7-23-8-6-11)12-3-1-2-4-14(12)24-20(13)30-21-19(28)18(27)17(26)15(10-25)29-21/h5-8,15,17-19,21,25-28H,1-4,10H2/t15-,17+,18+,19-,21+/m1/s1. The lowest BCUT2D eigenvalue weighted by molar-refractivity contribution is -0.205. The van der Waals surface area contributed by atoms with Crippen molar-refractivity contribution in [2.75, 3.05) is 6.61 Å². The Morgan fingerprint density at radius 2 is 1.83 bits per heavy atom. The second-order valence-corrected chi connectivity index (χ2v) is 8.55.